The lowest BCUT2D eigenvalue weighted by molar-refractivity contribution is 0.0676. The molecule has 0 bridgehead atoms. The third-order valence-corrected chi connectivity index (χ3v) is 2.49. The Balaban J connectivity index is 3.14. The van der Waals surface area contributed by atoms with Crippen molar-refractivity contribution in [2.75, 3.05) is 0 Å². The van der Waals surface area contributed by atoms with Crippen LogP contribution in [0.3, 0.4) is 0 Å². The van der Waals surface area contributed by atoms with E-state index in [1.165, 1.54) is 0 Å². The molecule has 0 aromatic carbocycles. The summed E-state index contributed by atoms with van der Waals surface area (Å²) in [6, 6.07) is 3.39. The molecule has 0 aliphatic carbocycles. The van der Waals surface area contributed by atoms with Crippen LogP contribution < -0.4 is 0 Å². The van der Waals surface area contributed by atoms with Gasteiger partial charge >= 0.3 is 5.97 Å². The van der Waals surface area contributed by atoms with Crippen LogP contribution >= 0.6 is 0 Å². The molecule has 0 fully saturated rings. The molecule has 0 saturated heterocycles. The fraction of sp³-hybridized carbons (Fsp3) is 0.500. The molecule has 0 aliphatic heterocycles. The molecule has 0 atom stereocenters. The summed E-state index contributed by atoms with van der Waals surface area (Å²) in [5.41, 5.74) is 0.226. The number of rotatable bonds is 3. The van der Waals surface area contributed by atoms with Gasteiger partial charge in [-0.3, -0.25) is 0 Å². The maximum absolute atomic E-state index is 10.8. The highest BCUT2D eigenvalue weighted by Crippen LogP contribution is 2.21. The number of carbonyl (C=O) groups is 1. The molecule has 3 nitrogen and oxygen atoms in total. The second-order valence-corrected chi connectivity index (χ2v) is 3.73. The first kappa shape index (κ1) is 9.84. The standard InChI is InChI=1S/C10H15NO2/c1-4-10(2,3)11-7-5-6-8(11)9(12)13/h5-7H,4H2,1-3H3,(H,12,13). The van der Waals surface area contributed by atoms with Crippen molar-refractivity contribution in [3.8, 4) is 0 Å². The molecular formula is C10H15NO2. The maximum atomic E-state index is 10.8. The largest absolute Gasteiger partial charge is 0.477 e. The number of carboxylic acids is 1. The number of aromatic nitrogens is 1. The second kappa shape index (κ2) is 3.24. The van der Waals surface area contributed by atoms with Crippen molar-refractivity contribution in [2.24, 2.45) is 0 Å². The molecular weight excluding hydrogens is 166 g/mol. The van der Waals surface area contributed by atoms with Crippen LogP contribution in [0.25, 0.3) is 0 Å². The van der Waals surface area contributed by atoms with Gasteiger partial charge in [-0.2, -0.15) is 0 Å². The van der Waals surface area contributed by atoms with Crippen molar-refractivity contribution in [2.45, 2.75) is 32.7 Å². The highest BCUT2D eigenvalue weighted by Gasteiger charge is 2.21. The molecule has 0 aliphatic rings. The fourth-order valence-corrected chi connectivity index (χ4v) is 1.25. The van der Waals surface area contributed by atoms with E-state index < -0.39 is 5.97 Å². The Morgan fingerprint density at radius 1 is 1.62 bits per heavy atom. The average Bonchev–Trinajstić information content (AvgIpc) is 2.52. The van der Waals surface area contributed by atoms with E-state index >= 15 is 0 Å². The fourth-order valence-electron chi connectivity index (χ4n) is 1.25. The van der Waals surface area contributed by atoms with Crippen LogP contribution in [0.1, 0.15) is 37.7 Å². The van der Waals surface area contributed by atoms with Crippen molar-refractivity contribution in [3.05, 3.63) is 24.0 Å². The SMILES string of the molecule is CCC(C)(C)n1cccc1C(=O)O. The lowest BCUT2D eigenvalue weighted by atomic mass is 10.0. The molecule has 0 radical (unpaired) electrons. The van der Waals surface area contributed by atoms with Crippen LogP contribution in [-0.4, -0.2) is 15.6 Å². The number of hydrogen-bond acceptors (Lipinski definition) is 1. The number of carboxylic acid groups (broad SMARTS) is 1. The van der Waals surface area contributed by atoms with Gasteiger partial charge in [0.25, 0.3) is 0 Å². The Morgan fingerprint density at radius 3 is 2.69 bits per heavy atom. The minimum atomic E-state index is -0.869. The van der Waals surface area contributed by atoms with Crippen LogP contribution in [0.5, 0.6) is 0 Å². The third-order valence-electron chi connectivity index (χ3n) is 2.49. The van der Waals surface area contributed by atoms with Crippen molar-refractivity contribution >= 4 is 5.97 Å². The van der Waals surface area contributed by atoms with Gasteiger partial charge in [0.2, 0.25) is 0 Å². The summed E-state index contributed by atoms with van der Waals surface area (Å²) < 4.78 is 1.80. The van der Waals surface area contributed by atoms with Crippen LogP contribution in [0.15, 0.2) is 18.3 Å². The van der Waals surface area contributed by atoms with Crippen molar-refractivity contribution in [3.63, 3.8) is 0 Å². The van der Waals surface area contributed by atoms with Crippen molar-refractivity contribution in [1.29, 1.82) is 0 Å². The van der Waals surface area contributed by atoms with E-state index in [0.29, 0.717) is 5.69 Å². The molecule has 1 N–H and O–H groups in total. The lowest BCUT2D eigenvalue weighted by Gasteiger charge is -2.26. The Labute approximate surface area is 78.0 Å². The number of nitrogens with zero attached hydrogens (tertiary/aromatic N) is 1. The molecule has 1 heterocycles. The van der Waals surface area contributed by atoms with E-state index in [2.05, 4.69) is 0 Å². The van der Waals surface area contributed by atoms with Crippen LogP contribution in [0, 0.1) is 0 Å². The van der Waals surface area contributed by atoms with Gasteiger partial charge < -0.3 is 9.67 Å². The molecule has 0 unspecified atom stereocenters. The zero-order chi connectivity index (χ0) is 10.1. The van der Waals surface area contributed by atoms with Crippen LogP contribution in [-0.2, 0) is 5.54 Å². The minimum absolute atomic E-state index is 0.128. The average molecular weight is 181 g/mol. The van der Waals surface area contributed by atoms with Crippen molar-refractivity contribution < 1.29 is 9.90 Å². The normalized spacial score (nSPS) is 11.6. The van der Waals surface area contributed by atoms with Gasteiger partial charge in [-0.15, -0.1) is 0 Å². The Hall–Kier alpha value is -1.25. The van der Waals surface area contributed by atoms with Gasteiger partial charge in [-0.05, 0) is 32.4 Å². The van der Waals surface area contributed by atoms with E-state index in [4.69, 9.17) is 5.11 Å². The highest BCUT2D eigenvalue weighted by atomic mass is 16.4. The smallest absolute Gasteiger partial charge is 0.352 e. The summed E-state index contributed by atoms with van der Waals surface area (Å²) in [4.78, 5) is 10.8. The molecule has 3 heteroatoms. The molecule has 0 saturated carbocycles. The van der Waals surface area contributed by atoms with E-state index in [1.54, 1.807) is 16.7 Å². The Kier molecular flexibility index (Phi) is 2.45. The summed E-state index contributed by atoms with van der Waals surface area (Å²) in [7, 11) is 0. The second-order valence-electron chi connectivity index (χ2n) is 3.73. The van der Waals surface area contributed by atoms with E-state index in [-0.39, 0.29) is 5.54 Å². The predicted octanol–water partition coefficient (Wildman–Crippen LogP) is 2.33. The van der Waals surface area contributed by atoms with Gasteiger partial charge in [0.05, 0.1) is 0 Å². The monoisotopic (exact) mass is 181 g/mol. The Morgan fingerprint density at radius 2 is 2.23 bits per heavy atom. The van der Waals surface area contributed by atoms with Gasteiger partial charge in [0.1, 0.15) is 5.69 Å². The third kappa shape index (κ3) is 1.74. The Bertz CT molecular complexity index is 312. The van der Waals surface area contributed by atoms with Crippen LogP contribution in [0.2, 0.25) is 0 Å². The molecule has 0 amide bonds. The molecule has 13 heavy (non-hydrogen) atoms. The maximum Gasteiger partial charge on any atom is 0.352 e. The summed E-state index contributed by atoms with van der Waals surface area (Å²) in [5, 5.41) is 8.89. The van der Waals surface area contributed by atoms with Gasteiger partial charge in [-0.25, -0.2) is 4.79 Å². The summed E-state index contributed by atoms with van der Waals surface area (Å²) in [6.45, 7) is 6.10. The molecule has 1 rings (SSSR count). The van der Waals surface area contributed by atoms with E-state index in [0.717, 1.165) is 6.42 Å². The quantitative estimate of drug-likeness (QED) is 0.777. The summed E-state index contributed by atoms with van der Waals surface area (Å²) in [5.74, 6) is -0.869. The minimum Gasteiger partial charge on any atom is -0.477 e. The van der Waals surface area contributed by atoms with Crippen LogP contribution in [0.4, 0.5) is 0 Å². The first-order valence-corrected chi connectivity index (χ1v) is 4.40. The topological polar surface area (TPSA) is 42.2 Å². The van der Waals surface area contributed by atoms with Crippen molar-refractivity contribution in [1.82, 2.24) is 4.57 Å². The first-order chi connectivity index (χ1) is 5.99. The van der Waals surface area contributed by atoms with Gasteiger partial charge in [0.15, 0.2) is 0 Å². The predicted molar refractivity (Wildman–Crippen MR) is 51.0 cm³/mol. The van der Waals surface area contributed by atoms with E-state index in [9.17, 15) is 4.79 Å². The zero-order valence-corrected chi connectivity index (χ0v) is 8.24. The first-order valence-electron chi connectivity index (χ1n) is 4.40. The zero-order valence-electron chi connectivity index (χ0n) is 8.24. The van der Waals surface area contributed by atoms with E-state index in [1.807, 2.05) is 27.0 Å². The molecule has 72 valence electrons. The molecule has 1 aromatic rings. The molecule has 1 aromatic heterocycles. The van der Waals surface area contributed by atoms with Gasteiger partial charge in [0, 0.05) is 11.7 Å². The van der Waals surface area contributed by atoms with Gasteiger partial charge in [-0.1, -0.05) is 6.92 Å². The number of aromatic carboxylic acids is 1. The highest BCUT2D eigenvalue weighted by molar-refractivity contribution is 5.85. The lowest BCUT2D eigenvalue weighted by Crippen LogP contribution is -2.27. The number of hydrogen-bond donors (Lipinski definition) is 1. The molecule has 0 spiro atoms. The summed E-state index contributed by atoms with van der Waals surface area (Å²) in [6.07, 6.45) is 2.72. The summed E-state index contributed by atoms with van der Waals surface area (Å²) >= 11 is 0.